The van der Waals surface area contributed by atoms with Gasteiger partial charge in [0, 0.05) is 19.5 Å². The minimum absolute atomic E-state index is 0.0964. The molecular weight excluding hydrogens is 282 g/mol. The molecule has 0 aromatic heterocycles. The van der Waals surface area contributed by atoms with E-state index in [1.54, 1.807) is 12.0 Å². The van der Waals surface area contributed by atoms with E-state index in [0.717, 1.165) is 11.3 Å². The third-order valence-corrected chi connectivity index (χ3v) is 4.34. The highest BCUT2D eigenvalue weighted by Crippen LogP contribution is 2.25. The second kappa shape index (κ2) is 7.29. The van der Waals surface area contributed by atoms with Gasteiger partial charge in [-0.2, -0.15) is 0 Å². The first kappa shape index (κ1) is 16.3. The summed E-state index contributed by atoms with van der Waals surface area (Å²) < 4.78 is 5.21. The number of hydrogen-bond acceptors (Lipinski definition) is 3. The number of rotatable bonds is 5. The maximum atomic E-state index is 12.4. The highest BCUT2D eigenvalue weighted by atomic mass is 16.5. The minimum Gasteiger partial charge on any atom is -0.497 e. The molecule has 5 heteroatoms. The maximum Gasteiger partial charge on any atom is 0.306 e. The Bertz CT molecular complexity index is 535. The van der Waals surface area contributed by atoms with Crippen LogP contribution in [0.1, 0.15) is 37.7 Å². The van der Waals surface area contributed by atoms with Crippen molar-refractivity contribution in [3.63, 3.8) is 0 Å². The summed E-state index contributed by atoms with van der Waals surface area (Å²) in [4.78, 5) is 25.1. The zero-order chi connectivity index (χ0) is 16.1. The topological polar surface area (TPSA) is 66.8 Å². The van der Waals surface area contributed by atoms with Crippen molar-refractivity contribution in [1.29, 1.82) is 0 Å². The first-order valence-corrected chi connectivity index (χ1v) is 7.65. The first-order chi connectivity index (χ1) is 10.5. The first-order valence-electron chi connectivity index (χ1n) is 7.65. The molecular formula is C17H23NO4. The van der Waals surface area contributed by atoms with Crippen LogP contribution in [0.4, 0.5) is 0 Å². The summed E-state index contributed by atoms with van der Waals surface area (Å²) in [5, 5.41) is 8.99. The Kier molecular flexibility index (Phi) is 5.41. The molecule has 0 saturated carbocycles. The van der Waals surface area contributed by atoms with E-state index in [1.807, 2.05) is 31.2 Å². The molecule has 2 rings (SSSR count). The van der Waals surface area contributed by atoms with Crippen LogP contribution in [0.25, 0.3) is 0 Å². The molecule has 0 radical (unpaired) electrons. The highest BCUT2D eigenvalue weighted by Gasteiger charge is 2.27. The molecule has 1 saturated heterocycles. The molecule has 1 aromatic carbocycles. The SMILES string of the molecule is COc1cccc([C@H](C)CC(=O)N2CCC(C(=O)O)CC2)c1. The van der Waals surface area contributed by atoms with Gasteiger partial charge in [0.2, 0.25) is 5.91 Å². The zero-order valence-corrected chi connectivity index (χ0v) is 13.1. The second-order valence-corrected chi connectivity index (χ2v) is 5.88. The number of carboxylic acid groups (broad SMARTS) is 1. The Morgan fingerprint density at radius 2 is 2.05 bits per heavy atom. The molecule has 0 unspecified atom stereocenters. The van der Waals surface area contributed by atoms with Crippen molar-refractivity contribution in [3.8, 4) is 5.75 Å². The molecule has 1 aliphatic rings. The number of likely N-dealkylation sites (tertiary alicyclic amines) is 1. The summed E-state index contributed by atoms with van der Waals surface area (Å²) in [6, 6.07) is 7.76. The van der Waals surface area contributed by atoms with Gasteiger partial charge in [0.05, 0.1) is 13.0 Å². The van der Waals surface area contributed by atoms with Gasteiger partial charge in [-0.05, 0) is 36.5 Å². The van der Waals surface area contributed by atoms with Gasteiger partial charge in [-0.25, -0.2) is 0 Å². The van der Waals surface area contributed by atoms with Crippen LogP contribution in [-0.2, 0) is 9.59 Å². The van der Waals surface area contributed by atoms with Gasteiger partial charge < -0.3 is 14.7 Å². The highest BCUT2D eigenvalue weighted by molar-refractivity contribution is 5.78. The Hall–Kier alpha value is -2.04. The van der Waals surface area contributed by atoms with Crippen molar-refractivity contribution in [2.75, 3.05) is 20.2 Å². The summed E-state index contributed by atoms with van der Waals surface area (Å²) in [5.41, 5.74) is 1.08. The normalized spacial score (nSPS) is 17.1. The van der Waals surface area contributed by atoms with Gasteiger partial charge in [0.1, 0.15) is 5.75 Å². The lowest BCUT2D eigenvalue weighted by Crippen LogP contribution is -2.40. The van der Waals surface area contributed by atoms with E-state index in [1.165, 1.54) is 0 Å². The maximum absolute atomic E-state index is 12.4. The predicted molar refractivity (Wildman–Crippen MR) is 83.0 cm³/mol. The molecule has 1 N–H and O–H groups in total. The molecule has 5 nitrogen and oxygen atoms in total. The van der Waals surface area contributed by atoms with Gasteiger partial charge >= 0.3 is 5.97 Å². The Balaban J connectivity index is 1.90. The number of benzene rings is 1. The van der Waals surface area contributed by atoms with Crippen LogP contribution < -0.4 is 4.74 Å². The number of carbonyl (C=O) groups is 2. The van der Waals surface area contributed by atoms with E-state index in [-0.39, 0.29) is 17.7 Å². The Morgan fingerprint density at radius 3 is 2.64 bits per heavy atom. The van der Waals surface area contributed by atoms with Gasteiger partial charge in [-0.1, -0.05) is 19.1 Å². The van der Waals surface area contributed by atoms with Gasteiger partial charge in [0.25, 0.3) is 0 Å². The number of ether oxygens (including phenoxy) is 1. The quantitative estimate of drug-likeness (QED) is 0.907. The summed E-state index contributed by atoms with van der Waals surface area (Å²) in [5.74, 6) is -0.0604. The molecule has 0 spiro atoms. The van der Waals surface area contributed by atoms with E-state index < -0.39 is 5.97 Å². The monoisotopic (exact) mass is 305 g/mol. The standard InChI is InChI=1S/C17H23NO4/c1-12(14-4-3-5-15(11-14)22-2)10-16(19)18-8-6-13(7-9-18)17(20)21/h3-5,11-13H,6-10H2,1-2H3,(H,20,21)/t12-/m1/s1. The number of carboxylic acids is 1. The van der Waals surface area contributed by atoms with E-state index in [2.05, 4.69) is 0 Å². The summed E-state index contributed by atoms with van der Waals surface area (Å²) in [6.45, 7) is 3.11. The molecule has 1 atom stereocenters. The zero-order valence-electron chi connectivity index (χ0n) is 13.1. The second-order valence-electron chi connectivity index (χ2n) is 5.88. The molecule has 1 aliphatic heterocycles. The third kappa shape index (κ3) is 4.00. The lowest BCUT2D eigenvalue weighted by Gasteiger charge is -2.31. The predicted octanol–water partition coefficient (Wildman–Crippen LogP) is 2.51. The van der Waals surface area contributed by atoms with Gasteiger partial charge in [0.15, 0.2) is 0 Å². The smallest absolute Gasteiger partial charge is 0.306 e. The van der Waals surface area contributed by atoms with Crippen molar-refractivity contribution in [3.05, 3.63) is 29.8 Å². The molecule has 0 aliphatic carbocycles. The largest absolute Gasteiger partial charge is 0.497 e. The van der Waals surface area contributed by atoms with Crippen LogP contribution in [0.5, 0.6) is 5.75 Å². The number of amides is 1. The molecule has 1 heterocycles. The molecule has 0 bridgehead atoms. The number of nitrogens with zero attached hydrogens (tertiary/aromatic N) is 1. The van der Waals surface area contributed by atoms with E-state index >= 15 is 0 Å². The fourth-order valence-corrected chi connectivity index (χ4v) is 2.83. The van der Waals surface area contributed by atoms with E-state index in [9.17, 15) is 9.59 Å². The van der Waals surface area contributed by atoms with Crippen LogP contribution in [0.2, 0.25) is 0 Å². The van der Waals surface area contributed by atoms with Crippen LogP contribution in [0.3, 0.4) is 0 Å². The van der Waals surface area contributed by atoms with Gasteiger partial charge in [-0.3, -0.25) is 9.59 Å². The van der Waals surface area contributed by atoms with Crippen molar-refractivity contribution < 1.29 is 19.4 Å². The Morgan fingerprint density at radius 1 is 1.36 bits per heavy atom. The van der Waals surface area contributed by atoms with Crippen LogP contribution in [-0.4, -0.2) is 42.1 Å². The van der Waals surface area contributed by atoms with Crippen molar-refractivity contribution >= 4 is 11.9 Å². The lowest BCUT2D eigenvalue weighted by atomic mass is 9.94. The third-order valence-electron chi connectivity index (χ3n) is 4.34. The fraction of sp³-hybridized carbons (Fsp3) is 0.529. The average molecular weight is 305 g/mol. The number of aliphatic carboxylic acids is 1. The summed E-state index contributed by atoms with van der Waals surface area (Å²) in [7, 11) is 1.63. The molecule has 120 valence electrons. The van der Waals surface area contributed by atoms with Crippen molar-refractivity contribution in [2.24, 2.45) is 5.92 Å². The average Bonchev–Trinajstić information content (AvgIpc) is 2.54. The molecule has 1 amide bonds. The fourth-order valence-electron chi connectivity index (χ4n) is 2.83. The summed E-state index contributed by atoms with van der Waals surface area (Å²) in [6.07, 6.45) is 1.54. The molecule has 22 heavy (non-hydrogen) atoms. The Labute approximate surface area is 130 Å². The summed E-state index contributed by atoms with van der Waals surface area (Å²) >= 11 is 0. The lowest BCUT2D eigenvalue weighted by molar-refractivity contribution is -0.145. The van der Waals surface area contributed by atoms with Gasteiger partial charge in [-0.15, -0.1) is 0 Å². The van der Waals surface area contributed by atoms with E-state index in [0.29, 0.717) is 32.4 Å². The number of piperidine rings is 1. The van der Waals surface area contributed by atoms with Crippen LogP contribution in [0.15, 0.2) is 24.3 Å². The van der Waals surface area contributed by atoms with Crippen molar-refractivity contribution in [1.82, 2.24) is 4.90 Å². The molecule has 1 aromatic rings. The van der Waals surface area contributed by atoms with E-state index in [4.69, 9.17) is 9.84 Å². The number of hydrogen-bond donors (Lipinski definition) is 1. The molecule has 1 fully saturated rings. The van der Waals surface area contributed by atoms with Crippen LogP contribution in [0, 0.1) is 5.92 Å². The number of carbonyl (C=O) groups excluding carboxylic acids is 1. The minimum atomic E-state index is -0.753. The van der Waals surface area contributed by atoms with Crippen molar-refractivity contribution in [2.45, 2.75) is 32.1 Å². The van der Waals surface area contributed by atoms with Crippen LogP contribution >= 0.6 is 0 Å². The number of methoxy groups -OCH3 is 1.